The van der Waals surface area contributed by atoms with Crippen LogP contribution in [0.5, 0.6) is 0 Å². The molecule has 0 aliphatic rings. The predicted molar refractivity (Wildman–Crippen MR) is 105 cm³/mol. The van der Waals surface area contributed by atoms with Gasteiger partial charge in [0.2, 0.25) is 5.91 Å². The van der Waals surface area contributed by atoms with E-state index in [9.17, 15) is 13.2 Å². The van der Waals surface area contributed by atoms with Crippen molar-refractivity contribution in [1.29, 1.82) is 0 Å². The van der Waals surface area contributed by atoms with E-state index >= 15 is 0 Å². The highest BCUT2D eigenvalue weighted by atomic mass is 32.2. The molecule has 0 unspecified atom stereocenters. The summed E-state index contributed by atoms with van der Waals surface area (Å²) >= 11 is 1.59. The van der Waals surface area contributed by atoms with Gasteiger partial charge in [-0.1, -0.05) is 18.2 Å². The lowest BCUT2D eigenvalue weighted by Crippen LogP contribution is -2.21. The van der Waals surface area contributed by atoms with Crippen molar-refractivity contribution in [3.8, 4) is 0 Å². The van der Waals surface area contributed by atoms with E-state index in [0.717, 1.165) is 16.7 Å². The van der Waals surface area contributed by atoms with E-state index in [1.165, 1.54) is 0 Å². The van der Waals surface area contributed by atoms with Crippen LogP contribution < -0.4 is 5.32 Å². The lowest BCUT2D eigenvalue weighted by molar-refractivity contribution is -0.116. The van der Waals surface area contributed by atoms with Crippen molar-refractivity contribution in [2.75, 3.05) is 17.8 Å². The van der Waals surface area contributed by atoms with Crippen molar-refractivity contribution in [2.45, 2.75) is 17.2 Å². The molecule has 1 N–H and O–H groups in total. The fourth-order valence-corrected chi connectivity index (χ4v) is 3.84. The summed E-state index contributed by atoms with van der Waals surface area (Å²) in [6, 6.07) is 14.9. The van der Waals surface area contributed by atoms with Crippen LogP contribution in [0.2, 0.25) is 0 Å². The third-order valence-electron chi connectivity index (χ3n) is 3.78. The van der Waals surface area contributed by atoms with Crippen LogP contribution in [0.15, 0.2) is 53.4 Å². The minimum atomic E-state index is -3.27. The van der Waals surface area contributed by atoms with E-state index in [4.69, 9.17) is 0 Å². The average Bonchev–Trinajstić information content (AvgIpc) is 2.90. The summed E-state index contributed by atoms with van der Waals surface area (Å²) in [5, 5.41) is 2.86. The fourth-order valence-electron chi connectivity index (χ4n) is 2.69. The largest absolute Gasteiger partial charge is 0.324 e. The number of nitrogens with zero attached hydrogens (tertiary/aromatic N) is 2. The van der Waals surface area contributed by atoms with Crippen molar-refractivity contribution < 1.29 is 13.2 Å². The Balaban J connectivity index is 1.89. The molecule has 0 spiro atoms. The van der Waals surface area contributed by atoms with Crippen molar-refractivity contribution >= 4 is 44.2 Å². The molecule has 136 valence electrons. The maximum Gasteiger partial charge on any atom is 0.244 e. The molecular weight excluding hydrogens is 370 g/mol. The van der Waals surface area contributed by atoms with Gasteiger partial charge in [-0.2, -0.15) is 0 Å². The summed E-state index contributed by atoms with van der Waals surface area (Å²) < 4.78 is 25.1. The quantitative estimate of drug-likeness (QED) is 0.656. The first kappa shape index (κ1) is 18.5. The molecule has 0 aliphatic carbocycles. The lowest BCUT2D eigenvalue weighted by atomic mass is 10.3. The summed E-state index contributed by atoms with van der Waals surface area (Å²) in [5.41, 5.74) is 2.11. The Labute approximate surface area is 156 Å². The normalized spacial score (nSPS) is 11.6. The number of benzene rings is 2. The minimum Gasteiger partial charge on any atom is -0.324 e. The topological polar surface area (TPSA) is 81.1 Å². The number of para-hydroxylation sites is 2. The summed E-state index contributed by atoms with van der Waals surface area (Å²) in [5.74, 6) is -0.0837. The van der Waals surface area contributed by atoms with Gasteiger partial charge in [0, 0.05) is 16.8 Å². The number of sulfone groups is 1. The maximum absolute atomic E-state index is 12.5. The van der Waals surface area contributed by atoms with Gasteiger partial charge in [0.25, 0.3) is 0 Å². The highest BCUT2D eigenvalue weighted by Crippen LogP contribution is 2.20. The highest BCUT2D eigenvalue weighted by Gasteiger charge is 2.17. The number of rotatable bonds is 6. The number of anilines is 1. The minimum absolute atomic E-state index is 0.00510. The third-order valence-corrected chi connectivity index (χ3v) is 5.29. The molecule has 3 rings (SSSR count). The molecule has 1 aromatic heterocycles. The highest BCUT2D eigenvalue weighted by molar-refractivity contribution is 7.98. The molecule has 0 aliphatic heterocycles. The maximum atomic E-state index is 12.5. The monoisotopic (exact) mass is 389 g/mol. The van der Waals surface area contributed by atoms with Crippen molar-refractivity contribution in [1.82, 2.24) is 9.55 Å². The van der Waals surface area contributed by atoms with Gasteiger partial charge in [-0.05, 0) is 36.6 Å². The first-order chi connectivity index (χ1) is 12.4. The van der Waals surface area contributed by atoms with Crippen LogP contribution in [0.25, 0.3) is 11.0 Å². The Morgan fingerprint density at radius 2 is 1.96 bits per heavy atom. The Morgan fingerprint density at radius 3 is 2.69 bits per heavy atom. The van der Waals surface area contributed by atoms with E-state index in [0.29, 0.717) is 17.0 Å². The van der Waals surface area contributed by atoms with Crippen LogP contribution in [0, 0.1) is 0 Å². The molecule has 3 aromatic rings. The van der Waals surface area contributed by atoms with Crippen molar-refractivity contribution in [2.24, 2.45) is 0 Å². The molecule has 0 saturated carbocycles. The summed E-state index contributed by atoms with van der Waals surface area (Å²) in [6.45, 7) is -0.00510. The zero-order valence-electron chi connectivity index (χ0n) is 14.5. The standard InChI is InChI=1S/C18H19N3O3S2/c1-25-14-7-5-6-13(10-14)19-18(22)11-21-16-9-4-3-8-15(16)20-17(21)12-26(2,23)24/h3-10H,11-12H2,1-2H3,(H,19,22). The SMILES string of the molecule is CSc1cccc(NC(=O)Cn2c(CS(C)(=O)=O)nc3ccccc32)c1. The molecule has 0 atom stereocenters. The first-order valence-electron chi connectivity index (χ1n) is 7.91. The molecule has 1 amide bonds. The van der Waals surface area contributed by atoms with Gasteiger partial charge in [0.05, 0.1) is 11.0 Å². The Kier molecular flexibility index (Phi) is 5.33. The third kappa shape index (κ3) is 4.44. The smallest absolute Gasteiger partial charge is 0.244 e. The van der Waals surface area contributed by atoms with Crippen LogP contribution in [0.1, 0.15) is 5.82 Å². The zero-order chi connectivity index (χ0) is 18.7. The van der Waals surface area contributed by atoms with E-state index in [2.05, 4.69) is 10.3 Å². The molecule has 0 fully saturated rings. The van der Waals surface area contributed by atoms with Crippen molar-refractivity contribution in [3.05, 3.63) is 54.4 Å². The zero-order valence-corrected chi connectivity index (χ0v) is 16.1. The van der Waals surface area contributed by atoms with E-state index in [1.807, 2.05) is 48.7 Å². The summed E-state index contributed by atoms with van der Waals surface area (Å²) in [4.78, 5) is 18.0. The number of nitrogens with one attached hydrogen (secondary N) is 1. The number of carbonyl (C=O) groups is 1. The van der Waals surface area contributed by atoms with Gasteiger partial charge in [-0.15, -0.1) is 11.8 Å². The second-order valence-electron chi connectivity index (χ2n) is 5.95. The van der Waals surface area contributed by atoms with Crippen LogP contribution in [0.4, 0.5) is 5.69 Å². The molecule has 8 heteroatoms. The second-order valence-corrected chi connectivity index (χ2v) is 8.97. The van der Waals surface area contributed by atoms with E-state index < -0.39 is 9.84 Å². The van der Waals surface area contributed by atoms with Gasteiger partial charge >= 0.3 is 0 Å². The van der Waals surface area contributed by atoms with Gasteiger partial charge in [-0.25, -0.2) is 13.4 Å². The molecule has 0 radical (unpaired) electrons. The lowest BCUT2D eigenvalue weighted by Gasteiger charge is -2.10. The number of hydrogen-bond acceptors (Lipinski definition) is 5. The molecule has 6 nitrogen and oxygen atoms in total. The molecule has 0 bridgehead atoms. The van der Waals surface area contributed by atoms with Crippen LogP contribution in [-0.4, -0.2) is 36.4 Å². The number of thioether (sulfide) groups is 1. The number of hydrogen-bond donors (Lipinski definition) is 1. The molecule has 2 aromatic carbocycles. The number of imidazole rings is 1. The molecule has 0 saturated heterocycles. The van der Waals surface area contributed by atoms with Gasteiger partial charge in [0.15, 0.2) is 9.84 Å². The van der Waals surface area contributed by atoms with Gasteiger partial charge in [0.1, 0.15) is 18.1 Å². The average molecular weight is 390 g/mol. The Morgan fingerprint density at radius 1 is 1.19 bits per heavy atom. The van der Waals surface area contributed by atoms with Crippen LogP contribution in [0.3, 0.4) is 0 Å². The Bertz CT molecular complexity index is 1060. The fraction of sp³-hybridized carbons (Fsp3) is 0.222. The molecule has 1 heterocycles. The molecule has 26 heavy (non-hydrogen) atoms. The second kappa shape index (κ2) is 7.51. The Hall–Kier alpha value is -2.32. The summed E-state index contributed by atoms with van der Waals surface area (Å²) in [6.07, 6.45) is 3.13. The van der Waals surface area contributed by atoms with Gasteiger partial charge < -0.3 is 9.88 Å². The summed E-state index contributed by atoms with van der Waals surface area (Å²) in [7, 11) is -3.27. The predicted octanol–water partition coefficient (Wildman–Crippen LogP) is 2.94. The number of carbonyl (C=O) groups excluding carboxylic acids is 1. The van der Waals surface area contributed by atoms with E-state index in [-0.39, 0.29) is 18.2 Å². The molecular formula is C18H19N3O3S2. The number of aromatic nitrogens is 2. The van der Waals surface area contributed by atoms with Crippen LogP contribution >= 0.6 is 11.8 Å². The number of fused-ring (bicyclic) bond motifs is 1. The number of amides is 1. The van der Waals surface area contributed by atoms with E-state index in [1.54, 1.807) is 22.4 Å². The van der Waals surface area contributed by atoms with Crippen molar-refractivity contribution in [3.63, 3.8) is 0 Å². The van der Waals surface area contributed by atoms with Gasteiger partial charge in [-0.3, -0.25) is 4.79 Å². The van der Waals surface area contributed by atoms with Crippen LogP contribution in [-0.2, 0) is 26.9 Å². The first-order valence-corrected chi connectivity index (χ1v) is 11.2.